The lowest BCUT2D eigenvalue weighted by atomic mass is 10.1. The zero-order valence-corrected chi connectivity index (χ0v) is 17.9. The predicted molar refractivity (Wildman–Crippen MR) is 109 cm³/mol. The smallest absolute Gasteiger partial charge is 0.326 e. The minimum absolute atomic E-state index is 0.144. The highest BCUT2D eigenvalue weighted by atomic mass is 32.2. The van der Waals surface area contributed by atoms with Gasteiger partial charge in [-0.2, -0.15) is 11.8 Å². The zero-order chi connectivity index (χ0) is 23.4. The van der Waals surface area contributed by atoms with E-state index in [2.05, 4.69) is 16.0 Å². The summed E-state index contributed by atoms with van der Waals surface area (Å²) in [4.78, 5) is 58.9. The number of hydrogen-bond donors (Lipinski definition) is 7. The molecule has 12 nitrogen and oxygen atoms in total. The summed E-state index contributed by atoms with van der Waals surface area (Å²) in [5.74, 6) is -4.44. The number of rotatable bonds is 14. The van der Waals surface area contributed by atoms with Gasteiger partial charge in [0.1, 0.15) is 24.2 Å². The van der Waals surface area contributed by atoms with Crippen LogP contribution in [0.2, 0.25) is 0 Å². The molecule has 172 valence electrons. The van der Waals surface area contributed by atoms with Gasteiger partial charge in [0, 0.05) is 6.42 Å². The number of carbonyl (C=O) groups excluding carboxylic acids is 3. The van der Waals surface area contributed by atoms with Crippen molar-refractivity contribution in [3.05, 3.63) is 0 Å². The van der Waals surface area contributed by atoms with Crippen LogP contribution in [0.15, 0.2) is 0 Å². The van der Waals surface area contributed by atoms with Crippen LogP contribution in [0.1, 0.15) is 33.1 Å². The van der Waals surface area contributed by atoms with Crippen LogP contribution in [0.3, 0.4) is 0 Å². The highest BCUT2D eigenvalue weighted by molar-refractivity contribution is 7.98. The van der Waals surface area contributed by atoms with Gasteiger partial charge in [0.05, 0.1) is 6.10 Å². The van der Waals surface area contributed by atoms with Gasteiger partial charge < -0.3 is 37.0 Å². The molecule has 5 unspecified atom stereocenters. The fraction of sp³-hybridized carbons (Fsp3) is 0.706. The Labute approximate surface area is 178 Å². The summed E-state index contributed by atoms with van der Waals surface area (Å²) in [5, 5.41) is 34.3. The topological polar surface area (TPSA) is 208 Å². The third kappa shape index (κ3) is 10.4. The van der Waals surface area contributed by atoms with Gasteiger partial charge >= 0.3 is 11.9 Å². The van der Waals surface area contributed by atoms with Crippen LogP contribution >= 0.6 is 11.8 Å². The van der Waals surface area contributed by atoms with Crippen LogP contribution in [-0.4, -0.2) is 87.3 Å². The molecule has 3 amide bonds. The molecular formula is C17H30N4O8S. The maximum Gasteiger partial charge on any atom is 0.326 e. The SMILES string of the molecule is CSCCC(NC(=O)C(CCC(=O)O)NC(=O)C(C)NC(=O)C(N)C(C)O)C(=O)O. The molecule has 0 aliphatic carbocycles. The fourth-order valence-electron chi connectivity index (χ4n) is 2.19. The van der Waals surface area contributed by atoms with Crippen LogP contribution in [0, 0.1) is 0 Å². The van der Waals surface area contributed by atoms with Crippen molar-refractivity contribution in [2.24, 2.45) is 5.73 Å². The van der Waals surface area contributed by atoms with Crippen LogP contribution in [0.5, 0.6) is 0 Å². The average Bonchev–Trinajstić information content (AvgIpc) is 2.66. The van der Waals surface area contributed by atoms with E-state index in [-0.39, 0.29) is 12.8 Å². The Morgan fingerprint density at radius 1 is 0.900 bits per heavy atom. The summed E-state index contributed by atoms with van der Waals surface area (Å²) in [7, 11) is 0. The second kappa shape index (κ2) is 13.8. The van der Waals surface area contributed by atoms with Crippen molar-refractivity contribution in [1.82, 2.24) is 16.0 Å². The third-order valence-electron chi connectivity index (χ3n) is 4.08. The van der Waals surface area contributed by atoms with E-state index in [1.54, 1.807) is 6.26 Å². The highest BCUT2D eigenvalue weighted by Crippen LogP contribution is 2.05. The Bertz CT molecular complexity index is 631. The van der Waals surface area contributed by atoms with E-state index >= 15 is 0 Å². The molecule has 0 fully saturated rings. The maximum absolute atomic E-state index is 12.5. The third-order valence-corrected chi connectivity index (χ3v) is 4.72. The van der Waals surface area contributed by atoms with E-state index in [1.165, 1.54) is 25.6 Å². The molecule has 5 atom stereocenters. The van der Waals surface area contributed by atoms with Gasteiger partial charge in [-0.15, -0.1) is 0 Å². The summed E-state index contributed by atoms with van der Waals surface area (Å²) in [6.45, 7) is 2.61. The van der Waals surface area contributed by atoms with E-state index in [4.69, 9.17) is 10.8 Å². The summed E-state index contributed by atoms with van der Waals surface area (Å²) in [6.07, 6.45) is 0.0365. The number of aliphatic carboxylic acids is 2. The first-order valence-corrected chi connectivity index (χ1v) is 10.6. The fourth-order valence-corrected chi connectivity index (χ4v) is 2.66. The van der Waals surface area contributed by atoms with Crippen LogP contribution in [0.4, 0.5) is 0 Å². The van der Waals surface area contributed by atoms with Gasteiger partial charge in [-0.25, -0.2) is 4.79 Å². The molecule has 0 saturated carbocycles. The van der Waals surface area contributed by atoms with Crippen molar-refractivity contribution >= 4 is 41.4 Å². The number of aliphatic hydroxyl groups is 1. The second-order valence-electron chi connectivity index (χ2n) is 6.67. The number of hydrogen-bond acceptors (Lipinski definition) is 8. The van der Waals surface area contributed by atoms with Crippen molar-refractivity contribution < 1.29 is 39.3 Å². The van der Waals surface area contributed by atoms with E-state index in [1.807, 2.05) is 0 Å². The van der Waals surface area contributed by atoms with Gasteiger partial charge in [0.2, 0.25) is 17.7 Å². The number of thioether (sulfide) groups is 1. The first kappa shape index (κ1) is 27.6. The Balaban J connectivity index is 5.16. The second-order valence-corrected chi connectivity index (χ2v) is 7.66. The highest BCUT2D eigenvalue weighted by Gasteiger charge is 2.29. The Hall–Kier alpha value is -2.38. The summed E-state index contributed by atoms with van der Waals surface area (Å²) < 4.78 is 0. The lowest BCUT2D eigenvalue weighted by Crippen LogP contribution is -2.57. The molecule has 0 heterocycles. The normalized spacial score (nSPS) is 15.8. The van der Waals surface area contributed by atoms with Crippen molar-refractivity contribution in [1.29, 1.82) is 0 Å². The van der Waals surface area contributed by atoms with Gasteiger partial charge in [-0.1, -0.05) is 0 Å². The lowest BCUT2D eigenvalue weighted by Gasteiger charge is -2.23. The zero-order valence-electron chi connectivity index (χ0n) is 17.1. The molecule has 0 aromatic carbocycles. The average molecular weight is 451 g/mol. The number of aliphatic hydroxyl groups excluding tert-OH is 1. The van der Waals surface area contributed by atoms with Crippen LogP contribution in [0.25, 0.3) is 0 Å². The van der Waals surface area contributed by atoms with Gasteiger partial charge in [-0.3, -0.25) is 19.2 Å². The standard InChI is InChI=1S/C17H30N4O8S/c1-8(19-16(27)13(18)9(2)22)14(25)20-10(4-5-12(23)24)15(26)21-11(17(28)29)6-7-30-3/h8-11,13,22H,4-7,18H2,1-3H3,(H,19,27)(H,20,25)(H,21,26)(H,23,24)(H,28,29). The van der Waals surface area contributed by atoms with Crippen molar-refractivity contribution in [3.63, 3.8) is 0 Å². The minimum Gasteiger partial charge on any atom is -0.481 e. The lowest BCUT2D eigenvalue weighted by molar-refractivity contribution is -0.143. The van der Waals surface area contributed by atoms with Crippen molar-refractivity contribution in [3.8, 4) is 0 Å². The van der Waals surface area contributed by atoms with Gasteiger partial charge in [-0.05, 0) is 38.7 Å². The van der Waals surface area contributed by atoms with Crippen molar-refractivity contribution in [2.75, 3.05) is 12.0 Å². The predicted octanol–water partition coefficient (Wildman–Crippen LogP) is -2.13. The molecule has 0 bridgehead atoms. The number of amides is 3. The molecule has 0 aromatic rings. The Morgan fingerprint density at radius 3 is 1.93 bits per heavy atom. The Morgan fingerprint density at radius 2 is 1.47 bits per heavy atom. The molecule has 13 heteroatoms. The quantitative estimate of drug-likeness (QED) is 0.153. The molecule has 0 radical (unpaired) electrons. The Kier molecular flexibility index (Phi) is 12.7. The number of nitrogens with two attached hydrogens (primary N) is 1. The van der Waals surface area contributed by atoms with Crippen LogP contribution < -0.4 is 21.7 Å². The largest absolute Gasteiger partial charge is 0.481 e. The molecule has 0 rings (SSSR count). The molecule has 0 aliphatic rings. The summed E-state index contributed by atoms with van der Waals surface area (Å²) >= 11 is 1.39. The van der Waals surface area contributed by atoms with Gasteiger partial charge in [0.25, 0.3) is 0 Å². The summed E-state index contributed by atoms with van der Waals surface area (Å²) in [6, 6.07) is -4.93. The first-order valence-electron chi connectivity index (χ1n) is 9.19. The van der Waals surface area contributed by atoms with E-state index in [0.29, 0.717) is 5.75 Å². The van der Waals surface area contributed by atoms with Crippen molar-refractivity contribution in [2.45, 2.75) is 63.4 Å². The number of carboxylic acids is 2. The molecular weight excluding hydrogens is 420 g/mol. The summed E-state index contributed by atoms with van der Waals surface area (Å²) in [5.41, 5.74) is 5.48. The van der Waals surface area contributed by atoms with Gasteiger partial charge in [0.15, 0.2) is 0 Å². The minimum atomic E-state index is -1.32. The van der Waals surface area contributed by atoms with E-state index < -0.39 is 66.4 Å². The number of carboxylic acid groups (broad SMARTS) is 2. The molecule has 0 aliphatic heterocycles. The maximum atomic E-state index is 12.5. The van der Waals surface area contributed by atoms with Crippen LogP contribution in [-0.2, 0) is 24.0 Å². The molecule has 8 N–H and O–H groups in total. The molecule has 30 heavy (non-hydrogen) atoms. The number of carbonyl (C=O) groups is 5. The monoisotopic (exact) mass is 450 g/mol. The van der Waals surface area contributed by atoms with E-state index in [9.17, 15) is 34.2 Å². The molecule has 0 spiro atoms. The number of nitrogens with one attached hydrogen (secondary N) is 3. The van der Waals surface area contributed by atoms with E-state index in [0.717, 1.165) is 0 Å². The first-order chi connectivity index (χ1) is 13.9. The molecule has 0 aromatic heterocycles. The molecule has 0 saturated heterocycles.